The smallest absolute Gasteiger partial charge is 0.242 e. The van der Waals surface area contributed by atoms with Gasteiger partial charge >= 0.3 is 0 Å². The van der Waals surface area contributed by atoms with Crippen molar-refractivity contribution in [2.24, 2.45) is 17.8 Å². The van der Waals surface area contributed by atoms with Crippen LogP contribution in [0.5, 0.6) is 0 Å². The highest BCUT2D eigenvalue weighted by Gasteiger charge is 2.44. The molecule has 1 aliphatic rings. The molecule has 0 aliphatic carbocycles. The average molecular weight is 865 g/mol. The molecule has 1 aromatic carbocycles. The summed E-state index contributed by atoms with van der Waals surface area (Å²) >= 11 is 1.43. The lowest BCUT2D eigenvalue weighted by molar-refractivity contribution is -0.191. The van der Waals surface area contributed by atoms with Crippen molar-refractivity contribution < 1.29 is 44.6 Å². The van der Waals surface area contributed by atoms with Crippen LogP contribution >= 0.6 is 11.9 Å². The Morgan fingerprint density at radius 3 is 2.17 bits per heavy atom. The van der Waals surface area contributed by atoms with Crippen molar-refractivity contribution in [1.82, 2.24) is 9.88 Å². The molecule has 0 bridgehead atoms. The second kappa shape index (κ2) is 29.3. The van der Waals surface area contributed by atoms with Crippen LogP contribution in [0.15, 0.2) is 65.7 Å². The Hall–Kier alpha value is -3.08. The maximum absolute atomic E-state index is 13.8. The van der Waals surface area contributed by atoms with Gasteiger partial charge < -0.3 is 54.7 Å². The third kappa shape index (κ3) is 20.2. The number of carbonyl (C=O) groups excluding carboxylic acids is 2. The summed E-state index contributed by atoms with van der Waals surface area (Å²) in [4.78, 5) is 31.7. The highest BCUT2D eigenvalue weighted by Crippen LogP contribution is 2.30. The molecule has 13 nitrogen and oxygen atoms in total. The lowest BCUT2D eigenvalue weighted by atomic mass is 9.82. The Balaban J connectivity index is 0.00000212. The minimum Gasteiger partial charge on any atom is -0.390 e. The zero-order valence-corrected chi connectivity index (χ0v) is 39.5. The fourth-order valence-corrected chi connectivity index (χ4v) is 8.04. The number of pyridine rings is 1. The first-order chi connectivity index (χ1) is 28.2. The van der Waals surface area contributed by atoms with Gasteiger partial charge in [0.1, 0.15) is 29.9 Å². The van der Waals surface area contributed by atoms with Gasteiger partial charge in [-0.3, -0.25) is 4.79 Å². The summed E-state index contributed by atoms with van der Waals surface area (Å²) in [5.74, 6) is 0.459. The van der Waals surface area contributed by atoms with Crippen molar-refractivity contribution in [2.75, 3.05) is 30.2 Å². The first kappa shape index (κ1) is 56.9. The summed E-state index contributed by atoms with van der Waals surface area (Å²) in [5, 5.41) is 55.2. The maximum atomic E-state index is 13.8. The lowest BCUT2D eigenvalue weighted by Gasteiger charge is -2.43. The van der Waals surface area contributed by atoms with Crippen molar-refractivity contribution in [3.63, 3.8) is 0 Å². The third-order valence-corrected chi connectivity index (χ3v) is 10.9. The van der Waals surface area contributed by atoms with E-state index >= 15 is 0 Å². The van der Waals surface area contributed by atoms with E-state index in [1.54, 1.807) is 24.9 Å². The number of carbonyl (C=O) groups is 2. The Bertz CT molecular complexity index is 1460. The van der Waals surface area contributed by atoms with E-state index < -0.39 is 41.8 Å². The molecule has 1 saturated heterocycles. The Morgan fingerprint density at radius 2 is 1.65 bits per heavy atom. The van der Waals surface area contributed by atoms with Crippen LogP contribution < -0.4 is 10.0 Å². The Kier molecular flexibility index (Phi) is 27.8. The number of ether oxygens (including phenoxy) is 2. The molecule has 7 N–H and O–H groups in total. The van der Waals surface area contributed by atoms with Gasteiger partial charge in [0.2, 0.25) is 5.91 Å². The zero-order valence-electron chi connectivity index (χ0n) is 38.7. The quantitative estimate of drug-likeness (QED) is 0.0372. The lowest BCUT2D eigenvalue weighted by Crippen LogP contribution is -2.60. The van der Waals surface area contributed by atoms with Crippen molar-refractivity contribution in [1.29, 1.82) is 0 Å². The molecule has 3 rings (SSSR count). The van der Waals surface area contributed by atoms with Crippen molar-refractivity contribution in [3.05, 3.63) is 60.8 Å². The number of rotatable bonds is 21. The van der Waals surface area contributed by atoms with Crippen LogP contribution in [-0.4, -0.2) is 116 Å². The predicted molar refractivity (Wildman–Crippen MR) is 245 cm³/mol. The van der Waals surface area contributed by atoms with E-state index in [9.17, 15) is 24.9 Å². The van der Waals surface area contributed by atoms with Crippen molar-refractivity contribution >= 4 is 35.6 Å². The van der Waals surface area contributed by atoms with Gasteiger partial charge in [0.25, 0.3) is 0 Å². The second-order valence-electron chi connectivity index (χ2n) is 16.0. The highest BCUT2D eigenvalue weighted by molar-refractivity contribution is 8.00. The number of aromatic nitrogens is 1. The van der Waals surface area contributed by atoms with E-state index in [0.717, 1.165) is 22.7 Å². The monoisotopic (exact) mass is 865 g/mol. The molecule has 344 valence electrons. The van der Waals surface area contributed by atoms with E-state index in [2.05, 4.69) is 21.6 Å². The number of amides is 1. The molecule has 60 heavy (non-hydrogen) atoms. The topological polar surface area (TPSA) is 194 Å². The normalized spacial score (nSPS) is 21.1. The molecule has 14 heteroatoms. The molecule has 2 heterocycles. The van der Waals surface area contributed by atoms with Gasteiger partial charge in [0.05, 0.1) is 30.4 Å². The standard InChI is InChI=1S/C35H56N4O6S.C7H12O3.2C2H6/c1-9-30(45-8)35(7,44)33(42)27(5)39(22-26(4)20-34(6,43)19-24(2)18-25(3)23-40)32(41)21-37-28-13-15-29(16-14-28)46-38-31-12-10-11-17-36-31;1-4-3-5(2)10-7(9)6(4)8;2*1-2/h10-17,23-27,30,33,37,42-44H,9,18-22H2,1-8H3,(H,36,38);5-9H,1,3H2,2H3;2*1-2H3/t24-,25?,26+,27?,30+,33?,34-,35+;5?,6-,7?;;/m01../s1. The molecule has 1 amide bonds. The van der Waals surface area contributed by atoms with E-state index in [4.69, 9.17) is 19.7 Å². The minimum absolute atomic E-state index is 0.0247. The number of nitrogens with one attached hydrogen (secondary N) is 2. The van der Waals surface area contributed by atoms with Crippen LogP contribution in [0, 0.1) is 17.8 Å². The molecule has 0 radical (unpaired) electrons. The first-order valence-corrected chi connectivity index (χ1v) is 22.3. The molecule has 5 unspecified atom stereocenters. The van der Waals surface area contributed by atoms with Crippen LogP contribution in [0.1, 0.15) is 115 Å². The number of aliphatic hydroxyl groups excluding tert-OH is 3. The van der Waals surface area contributed by atoms with Gasteiger partial charge in [0.15, 0.2) is 6.29 Å². The largest absolute Gasteiger partial charge is 0.390 e. The highest BCUT2D eigenvalue weighted by atomic mass is 32.2. The average Bonchev–Trinajstić information content (AvgIpc) is 3.21. The van der Waals surface area contributed by atoms with E-state index in [0.29, 0.717) is 37.7 Å². The molecular formula is C46H80N4O9S. The number of benzene rings is 1. The number of anilines is 2. The zero-order chi connectivity index (χ0) is 46.2. The van der Waals surface area contributed by atoms with Gasteiger partial charge in [-0.05, 0) is 126 Å². The number of hydrogen-bond acceptors (Lipinski definition) is 13. The number of aliphatic hydroxyl groups is 5. The summed E-state index contributed by atoms with van der Waals surface area (Å²) in [6.45, 7) is 26.5. The summed E-state index contributed by atoms with van der Waals surface area (Å²) in [5.41, 5.74) is -1.21. The molecule has 2 aromatic rings. The van der Waals surface area contributed by atoms with Crippen LogP contribution in [0.2, 0.25) is 0 Å². The third-order valence-electron chi connectivity index (χ3n) is 10.1. The molecule has 1 aliphatic heterocycles. The summed E-state index contributed by atoms with van der Waals surface area (Å²) in [7, 11) is 1.49. The Labute approximate surface area is 365 Å². The minimum atomic E-state index is -1.61. The molecule has 1 fully saturated rings. The number of methoxy groups -OCH3 is 1. The van der Waals surface area contributed by atoms with Crippen LogP contribution in [0.25, 0.3) is 0 Å². The van der Waals surface area contributed by atoms with Gasteiger partial charge in [-0.1, -0.05) is 68.0 Å². The predicted octanol–water partition coefficient (Wildman–Crippen LogP) is 7.48. The van der Waals surface area contributed by atoms with Crippen molar-refractivity contribution in [2.45, 2.75) is 168 Å². The SMILES string of the molecule is C=C1CC(C)OC(O)[C@@H]1O.CC.CC.CC[C@@H](OC)[C@@](C)(O)C(O)C(C)N(C[C@H](C)C[C@@](C)(O)C[C@@H](C)CC(C)C=O)C(=O)CNc1ccc(SNc2ccccn2)cc1. The summed E-state index contributed by atoms with van der Waals surface area (Å²) in [6, 6.07) is 12.6. The van der Waals surface area contributed by atoms with Crippen LogP contribution in [0.4, 0.5) is 11.5 Å². The van der Waals surface area contributed by atoms with Gasteiger partial charge in [-0.25, -0.2) is 4.98 Å². The number of nitrogens with zero attached hydrogens (tertiary/aromatic N) is 2. The maximum Gasteiger partial charge on any atom is 0.242 e. The van der Waals surface area contributed by atoms with E-state index in [1.807, 2.05) is 105 Å². The van der Waals surface area contributed by atoms with E-state index in [-0.39, 0.29) is 42.9 Å². The van der Waals surface area contributed by atoms with Crippen LogP contribution in [0.3, 0.4) is 0 Å². The summed E-state index contributed by atoms with van der Waals surface area (Å²) < 4.78 is 13.6. The van der Waals surface area contributed by atoms with Gasteiger partial charge in [-0.2, -0.15) is 0 Å². The number of hydrogen-bond donors (Lipinski definition) is 7. The fourth-order valence-electron chi connectivity index (χ4n) is 7.43. The second-order valence-corrected chi connectivity index (χ2v) is 16.9. The number of aldehydes is 1. The molecule has 0 spiro atoms. The van der Waals surface area contributed by atoms with E-state index in [1.165, 1.54) is 26.0 Å². The first-order valence-electron chi connectivity index (χ1n) is 21.5. The molecular weight excluding hydrogens is 785 g/mol. The molecule has 11 atom stereocenters. The Morgan fingerprint density at radius 1 is 1.05 bits per heavy atom. The van der Waals surface area contributed by atoms with Gasteiger partial charge in [0, 0.05) is 36.4 Å². The molecule has 1 aromatic heterocycles. The summed E-state index contributed by atoms with van der Waals surface area (Å²) in [6.07, 6.45) is 1.46. The molecule has 0 saturated carbocycles. The van der Waals surface area contributed by atoms with Crippen molar-refractivity contribution in [3.8, 4) is 0 Å². The van der Waals surface area contributed by atoms with Gasteiger partial charge in [-0.15, -0.1) is 0 Å². The van der Waals surface area contributed by atoms with Crippen LogP contribution in [-0.2, 0) is 19.1 Å². The fraction of sp³-hybridized carbons (Fsp3) is 0.674.